The van der Waals surface area contributed by atoms with E-state index in [1.807, 2.05) is 18.2 Å². The Labute approximate surface area is 105 Å². The van der Waals surface area contributed by atoms with E-state index in [0.29, 0.717) is 12.3 Å². The molecule has 1 amide bonds. The van der Waals surface area contributed by atoms with E-state index < -0.39 is 0 Å². The third kappa shape index (κ3) is 3.01. The van der Waals surface area contributed by atoms with Crippen LogP contribution in [0, 0.1) is 0 Å². The molecule has 1 aromatic heterocycles. The van der Waals surface area contributed by atoms with Gasteiger partial charge in [0.2, 0.25) is 0 Å². The van der Waals surface area contributed by atoms with E-state index in [2.05, 4.69) is 11.9 Å². The van der Waals surface area contributed by atoms with E-state index in [1.54, 1.807) is 30.3 Å². The summed E-state index contributed by atoms with van der Waals surface area (Å²) >= 11 is 0. The molecule has 92 valence electrons. The number of nitrogens with one attached hydrogen (secondary N) is 1. The van der Waals surface area contributed by atoms with Crippen LogP contribution >= 0.6 is 0 Å². The lowest BCUT2D eigenvalue weighted by atomic mass is 10.3. The zero-order chi connectivity index (χ0) is 12.8. The molecule has 0 radical (unpaired) electrons. The summed E-state index contributed by atoms with van der Waals surface area (Å²) in [7, 11) is 0. The summed E-state index contributed by atoms with van der Waals surface area (Å²) in [4.78, 5) is 11.6. The Balaban J connectivity index is 2.02. The van der Waals surface area contributed by atoms with Crippen molar-refractivity contribution < 1.29 is 13.9 Å². The van der Waals surface area contributed by atoms with Crippen LogP contribution in [0.15, 0.2) is 59.5 Å². The second kappa shape index (κ2) is 5.72. The van der Waals surface area contributed by atoms with Crippen LogP contribution in [0.2, 0.25) is 0 Å². The zero-order valence-electron chi connectivity index (χ0n) is 9.76. The highest BCUT2D eigenvalue weighted by Crippen LogP contribution is 2.23. The molecular weight excluding hydrogens is 230 g/mol. The highest BCUT2D eigenvalue weighted by molar-refractivity contribution is 5.91. The summed E-state index contributed by atoms with van der Waals surface area (Å²) in [6.45, 7) is 3.91. The Morgan fingerprint density at radius 1 is 1.28 bits per heavy atom. The quantitative estimate of drug-likeness (QED) is 0.821. The number of rotatable bonds is 5. The fourth-order valence-electron chi connectivity index (χ4n) is 1.35. The SMILES string of the molecule is C=CCNC(=O)c1ccc(Oc2ccccc2)o1. The predicted octanol–water partition coefficient (Wildman–Crippen LogP) is 2.99. The largest absolute Gasteiger partial charge is 0.426 e. The van der Waals surface area contributed by atoms with Gasteiger partial charge in [-0.3, -0.25) is 4.79 Å². The van der Waals surface area contributed by atoms with Crippen LogP contribution in [0.25, 0.3) is 0 Å². The first kappa shape index (κ1) is 12.0. The summed E-state index contributed by atoms with van der Waals surface area (Å²) < 4.78 is 10.7. The zero-order valence-corrected chi connectivity index (χ0v) is 9.76. The minimum Gasteiger partial charge on any atom is -0.426 e. The molecule has 0 aliphatic carbocycles. The molecule has 2 aromatic rings. The molecule has 0 aliphatic rings. The standard InChI is InChI=1S/C14H13NO3/c1-2-10-15-14(16)12-8-9-13(18-12)17-11-6-4-3-5-7-11/h2-9H,1,10H2,(H,15,16). The van der Waals surface area contributed by atoms with Crippen LogP contribution in [-0.4, -0.2) is 12.5 Å². The lowest BCUT2D eigenvalue weighted by molar-refractivity contribution is 0.0925. The van der Waals surface area contributed by atoms with Gasteiger partial charge in [-0.05, 0) is 18.2 Å². The van der Waals surface area contributed by atoms with Crippen molar-refractivity contribution in [3.8, 4) is 11.7 Å². The maximum Gasteiger partial charge on any atom is 0.290 e. The van der Waals surface area contributed by atoms with E-state index >= 15 is 0 Å². The van der Waals surface area contributed by atoms with Crippen LogP contribution in [0.1, 0.15) is 10.6 Å². The van der Waals surface area contributed by atoms with Gasteiger partial charge in [0.25, 0.3) is 11.9 Å². The number of carbonyl (C=O) groups is 1. The monoisotopic (exact) mass is 243 g/mol. The summed E-state index contributed by atoms with van der Waals surface area (Å²) in [5.41, 5.74) is 0. The average Bonchev–Trinajstić information content (AvgIpc) is 2.86. The molecule has 1 heterocycles. The second-order valence-corrected chi connectivity index (χ2v) is 3.53. The van der Waals surface area contributed by atoms with Gasteiger partial charge in [-0.1, -0.05) is 24.3 Å². The minimum absolute atomic E-state index is 0.211. The summed E-state index contributed by atoms with van der Waals surface area (Å²) in [6.07, 6.45) is 1.60. The number of para-hydroxylation sites is 1. The number of ether oxygens (including phenoxy) is 1. The molecule has 1 aromatic carbocycles. The van der Waals surface area contributed by atoms with Crippen LogP contribution in [0.3, 0.4) is 0 Å². The Hall–Kier alpha value is -2.49. The Morgan fingerprint density at radius 3 is 2.78 bits per heavy atom. The number of hydrogen-bond donors (Lipinski definition) is 1. The molecule has 0 aliphatic heterocycles. The van der Waals surface area contributed by atoms with Gasteiger partial charge in [0.1, 0.15) is 5.75 Å². The van der Waals surface area contributed by atoms with Crippen molar-refractivity contribution >= 4 is 5.91 Å². The molecular formula is C14H13NO3. The van der Waals surface area contributed by atoms with E-state index in [9.17, 15) is 4.79 Å². The number of carbonyl (C=O) groups excluding carboxylic acids is 1. The van der Waals surface area contributed by atoms with Crippen molar-refractivity contribution in [2.24, 2.45) is 0 Å². The van der Waals surface area contributed by atoms with Crippen molar-refractivity contribution in [2.45, 2.75) is 0 Å². The van der Waals surface area contributed by atoms with Gasteiger partial charge in [-0.2, -0.15) is 0 Å². The third-order valence-corrected chi connectivity index (χ3v) is 2.17. The molecule has 0 bridgehead atoms. The van der Waals surface area contributed by atoms with Crippen molar-refractivity contribution in [2.75, 3.05) is 6.54 Å². The van der Waals surface area contributed by atoms with E-state index in [-0.39, 0.29) is 17.6 Å². The van der Waals surface area contributed by atoms with Crippen molar-refractivity contribution in [1.29, 1.82) is 0 Å². The van der Waals surface area contributed by atoms with Crippen molar-refractivity contribution in [3.05, 3.63) is 60.9 Å². The number of hydrogen-bond acceptors (Lipinski definition) is 3. The van der Waals surface area contributed by atoms with Gasteiger partial charge in [-0.15, -0.1) is 6.58 Å². The van der Waals surface area contributed by atoms with Gasteiger partial charge >= 0.3 is 0 Å². The molecule has 0 unspecified atom stereocenters. The second-order valence-electron chi connectivity index (χ2n) is 3.53. The van der Waals surface area contributed by atoms with Gasteiger partial charge in [0, 0.05) is 12.6 Å². The van der Waals surface area contributed by atoms with Gasteiger partial charge in [0.05, 0.1) is 0 Å². The molecule has 0 atom stereocenters. The van der Waals surface area contributed by atoms with E-state index in [1.165, 1.54) is 0 Å². The first-order valence-corrected chi connectivity index (χ1v) is 5.51. The highest BCUT2D eigenvalue weighted by Gasteiger charge is 2.11. The van der Waals surface area contributed by atoms with Gasteiger partial charge in [-0.25, -0.2) is 0 Å². The average molecular weight is 243 g/mol. The van der Waals surface area contributed by atoms with Gasteiger partial charge < -0.3 is 14.5 Å². The topological polar surface area (TPSA) is 51.5 Å². The summed E-state index contributed by atoms with van der Waals surface area (Å²) in [5.74, 6) is 0.857. The van der Waals surface area contributed by atoms with Crippen LogP contribution < -0.4 is 10.1 Å². The molecule has 0 spiro atoms. The minimum atomic E-state index is -0.294. The van der Waals surface area contributed by atoms with Crippen LogP contribution in [-0.2, 0) is 0 Å². The lowest BCUT2D eigenvalue weighted by Gasteiger charge is -2.01. The first-order valence-electron chi connectivity index (χ1n) is 5.51. The van der Waals surface area contributed by atoms with E-state index in [4.69, 9.17) is 9.15 Å². The smallest absolute Gasteiger partial charge is 0.290 e. The molecule has 0 fully saturated rings. The molecule has 4 nitrogen and oxygen atoms in total. The molecule has 4 heteroatoms. The molecule has 2 rings (SSSR count). The molecule has 0 saturated carbocycles. The van der Waals surface area contributed by atoms with E-state index in [0.717, 1.165) is 0 Å². The fourth-order valence-corrected chi connectivity index (χ4v) is 1.35. The predicted molar refractivity (Wildman–Crippen MR) is 67.8 cm³/mol. The highest BCUT2D eigenvalue weighted by atomic mass is 16.6. The first-order chi connectivity index (χ1) is 8.79. The van der Waals surface area contributed by atoms with Gasteiger partial charge in [0.15, 0.2) is 5.76 Å². The fraction of sp³-hybridized carbons (Fsp3) is 0.0714. The number of furan rings is 1. The lowest BCUT2D eigenvalue weighted by Crippen LogP contribution is -2.22. The maximum absolute atomic E-state index is 11.6. The molecule has 18 heavy (non-hydrogen) atoms. The summed E-state index contributed by atoms with van der Waals surface area (Å²) in [6, 6.07) is 12.4. The molecule has 0 saturated heterocycles. The van der Waals surface area contributed by atoms with Crippen molar-refractivity contribution in [3.63, 3.8) is 0 Å². The summed E-state index contributed by atoms with van der Waals surface area (Å²) in [5, 5.41) is 2.62. The normalized spacial score (nSPS) is 9.78. The number of amides is 1. The third-order valence-electron chi connectivity index (χ3n) is 2.17. The Bertz CT molecular complexity index is 531. The molecule has 1 N–H and O–H groups in total. The van der Waals surface area contributed by atoms with Crippen LogP contribution in [0.5, 0.6) is 11.7 Å². The Morgan fingerprint density at radius 2 is 2.06 bits per heavy atom. The number of benzene rings is 1. The van der Waals surface area contributed by atoms with Crippen LogP contribution in [0.4, 0.5) is 0 Å². The maximum atomic E-state index is 11.6. The Kier molecular flexibility index (Phi) is 3.81. The van der Waals surface area contributed by atoms with Crippen molar-refractivity contribution in [1.82, 2.24) is 5.32 Å².